The van der Waals surface area contributed by atoms with Gasteiger partial charge in [-0.1, -0.05) is 0 Å². The van der Waals surface area contributed by atoms with Crippen LogP contribution in [0, 0.1) is 6.92 Å². The van der Waals surface area contributed by atoms with Crippen LogP contribution in [0.2, 0.25) is 0 Å². The summed E-state index contributed by atoms with van der Waals surface area (Å²) in [5, 5.41) is 2.07. The summed E-state index contributed by atoms with van der Waals surface area (Å²) < 4.78 is 2.17. The van der Waals surface area contributed by atoms with E-state index in [1.807, 2.05) is 41.9 Å². The molecule has 3 aromatic rings. The summed E-state index contributed by atoms with van der Waals surface area (Å²) in [7, 11) is 0. The van der Waals surface area contributed by atoms with Gasteiger partial charge in [-0.3, -0.25) is 4.79 Å². The maximum atomic E-state index is 12.8. The second-order valence-electron chi connectivity index (χ2n) is 6.39. The number of hydrogen-bond acceptors (Lipinski definition) is 5. The lowest BCUT2D eigenvalue weighted by Gasteiger charge is -2.32. The molecule has 1 aliphatic heterocycles. The Morgan fingerprint density at radius 2 is 2.28 bits per heavy atom. The van der Waals surface area contributed by atoms with Crippen LogP contribution in [0.3, 0.4) is 0 Å². The molecule has 0 aliphatic carbocycles. The Balaban J connectivity index is 1.50. The average Bonchev–Trinajstić information content (AvgIpc) is 3.37. The highest BCUT2D eigenvalue weighted by Crippen LogP contribution is 2.28. The smallest absolute Gasteiger partial charge is 0.263 e. The van der Waals surface area contributed by atoms with Gasteiger partial charge in [0.2, 0.25) is 0 Å². The molecule has 0 N–H and O–H groups in total. The maximum absolute atomic E-state index is 12.8. The molecular weight excluding hydrogens is 352 g/mol. The van der Waals surface area contributed by atoms with E-state index in [0.29, 0.717) is 0 Å². The molecule has 0 aromatic carbocycles. The number of hydrogen-bond donors (Lipinski definition) is 0. The average molecular weight is 373 g/mol. The van der Waals surface area contributed by atoms with E-state index in [4.69, 9.17) is 0 Å². The third kappa shape index (κ3) is 3.52. The number of aryl methyl sites for hydroxylation is 1. The number of carbonyl (C=O) groups is 1. The highest BCUT2D eigenvalue weighted by molar-refractivity contribution is 7.13. The Labute approximate surface area is 155 Å². The summed E-state index contributed by atoms with van der Waals surface area (Å²) in [4.78, 5) is 25.7. The van der Waals surface area contributed by atoms with E-state index in [-0.39, 0.29) is 11.8 Å². The molecule has 1 aliphatic rings. The van der Waals surface area contributed by atoms with Gasteiger partial charge in [0.1, 0.15) is 5.82 Å². The number of carbonyl (C=O) groups excluding carboxylic acids is 1. The van der Waals surface area contributed by atoms with Crippen LogP contribution in [0.25, 0.3) is 0 Å². The molecule has 0 unspecified atom stereocenters. The van der Waals surface area contributed by atoms with Gasteiger partial charge in [0.15, 0.2) is 0 Å². The van der Waals surface area contributed by atoms with Crippen molar-refractivity contribution >= 4 is 28.6 Å². The van der Waals surface area contributed by atoms with E-state index in [1.54, 1.807) is 22.7 Å². The van der Waals surface area contributed by atoms with Gasteiger partial charge >= 0.3 is 0 Å². The quantitative estimate of drug-likeness (QED) is 0.700. The Morgan fingerprint density at radius 3 is 3.04 bits per heavy atom. The van der Waals surface area contributed by atoms with Crippen molar-refractivity contribution in [1.29, 1.82) is 0 Å². The van der Waals surface area contributed by atoms with Crippen LogP contribution in [0.4, 0.5) is 0 Å². The van der Waals surface area contributed by atoms with Crippen LogP contribution in [-0.2, 0) is 6.54 Å². The topological polar surface area (TPSA) is 51.0 Å². The summed E-state index contributed by atoms with van der Waals surface area (Å²) in [6.07, 6.45) is 5.95. The molecule has 4 heterocycles. The van der Waals surface area contributed by atoms with Gasteiger partial charge in [0.05, 0.1) is 22.6 Å². The Bertz CT molecular complexity index is 852. The van der Waals surface area contributed by atoms with Crippen LogP contribution in [0.15, 0.2) is 35.4 Å². The molecule has 0 saturated carbocycles. The first kappa shape index (κ1) is 16.5. The fourth-order valence-corrected chi connectivity index (χ4v) is 4.77. The normalized spacial score (nSPS) is 17.8. The molecule has 1 fully saturated rings. The lowest BCUT2D eigenvalue weighted by atomic mass is 9.97. The molecule has 0 bridgehead atoms. The highest BCUT2D eigenvalue weighted by Gasteiger charge is 2.28. The Hall–Kier alpha value is -1.99. The SMILES string of the molecule is Cc1ccc(C(=O)N2CCC[C@H](c3nccn3Cc3cscn3)C2)s1. The Kier molecular flexibility index (Phi) is 4.67. The summed E-state index contributed by atoms with van der Waals surface area (Å²) in [6.45, 7) is 4.35. The van der Waals surface area contributed by atoms with Crippen molar-refractivity contribution in [3.63, 3.8) is 0 Å². The molecule has 5 nitrogen and oxygen atoms in total. The van der Waals surface area contributed by atoms with E-state index in [9.17, 15) is 4.79 Å². The molecule has 130 valence electrons. The second-order valence-corrected chi connectivity index (χ2v) is 8.40. The summed E-state index contributed by atoms with van der Waals surface area (Å²) in [5.74, 6) is 1.50. The number of aromatic nitrogens is 3. The fraction of sp³-hybridized carbons (Fsp3) is 0.389. The Morgan fingerprint density at radius 1 is 1.36 bits per heavy atom. The molecule has 25 heavy (non-hydrogen) atoms. The molecular formula is C18H20N4OS2. The highest BCUT2D eigenvalue weighted by atomic mass is 32.1. The predicted molar refractivity (Wildman–Crippen MR) is 100 cm³/mol. The zero-order valence-corrected chi connectivity index (χ0v) is 15.7. The van der Waals surface area contributed by atoms with E-state index < -0.39 is 0 Å². The molecule has 0 spiro atoms. The van der Waals surface area contributed by atoms with Gasteiger partial charge in [-0.2, -0.15) is 0 Å². The molecule has 1 saturated heterocycles. The lowest BCUT2D eigenvalue weighted by molar-refractivity contribution is 0.0708. The number of amides is 1. The van der Waals surface area contributed by atoms with E-state index >= 15 is 0 Å². The fourth-order valence-electron chi connectivity index (χ4n) is 3.38. The standard InChI is InChI=1S/C18H20N4OS2/c1-13-4-5-16(25-13)18(23)22-7-2-3-14(9-22)17-19-6-8-21(17)10-15-11-24-12-20-15/h4-6,8,11-12,14H,2-3,7,9-10H2,1H3/t14-/m0/s1. The second kappa shape index (κ2) is 7.09. The summed E-state index contributed by atoms with van der Waals surface area (Å²) in [6, 6.07) is 3.95. The van der Waals surface area contributed by atoms with Crippen molar-refractivity contribution in [2.45, 2.75) is 32.2 Å². The lowest BCUT2D eigenvalue weighted by Crippen LogP contribution is -2.39. The monoisotopic (exact) mass is 372 g/mol. The number of imidazole rings is 1. The largest absolute Gasteiger partial charge is 0.337 e. The predicted octanol–water partition coefficient (Wildman–Crippen LogP) is 3.78. The van der Waals surface area contributed by atoms with E-state index in [2.05, 4.69) is 19.9 Å². The van der Waals surface area contributed by atoms with Crippen LogP contribution in [0.1, 0.15) is 44.8 Å². The molecule has 0 radical (unpaired) electrons. The first-order valence-electron chi connectivity index (χ1n) is 8.44. The van der Waals surface area contributed by atoms with Gasteiger partial charge in [-0.15, -0.1) is 22.7 Å². The first-order valence-corrected chi connectivity index (χ1v) is 10.2. The van der Waals surface area contributed by atoms with Crippen LogP contribution in [0.5, 0.6) is 0 Å². The third-order valence-corrected chi connectivity index (χ3v) is 6.21. The van der Waals surface area contributed by atoms with Crippen LogP contribution < -0.4 is 0 Å². The number of thiazole rings is 1. The van der Waals surface area contributed by atoms with Gasteiger partial charge in [-0.25, -0.2) is 9.97 Å². The number of nitrogens with zero attached hydrogens (tertiary/aromatic N) is 4. The number of rotatable bonds is 4. The number of piperidine rings is 1. The maximum Gasteiger partial charge on any atom is 0.263 e. The van der Waals surface area contributed by atoms with Gasteiger partial charge in [-0.05, 0) is 31.9 Å². The minimum atomic E-state index is 0.153. The zero-order valence-electron chi connectivity index (χ0n) is 14.1. The summed E-state index contributed by atoms with van der Waals surface area (Å²) >= 11 is 3.19. The van der Waals surface area contributed by atoms with Crippen molar-refractivity contribution in [2.24, 2.45) is 0 Å². The van der Waals surface area contributed by atoms with Gasteiger partial charge in [0.25, 0.3) is 5.91 Å². The number of thiophene rings is 1. The summed E-state index contributed by atoms with van der Waals surface area (Å²) in [5.41, 5.74) is 2.91. The minimum absolute atomic E-state index is 0.153. The third-order valence-electron chi connectivity index (χ3n) is 4.59. The van der Waals surface area contributed by atoms with Crippen LogP contribution >= 0.6 is 22.7 Å². The van der Waals surface area contributed by atoms with E-state index in [0.717, 1.165) is 48.9 Å². The zero-order chi connectivity index (χ0) is 17.2. The molecule has 3 aromatic heterocycles. The minimum Gasteiger partial charge on any atom is -0.337 e. The van der Waals surface area contributed by atoms with Crippen LogP contribution in [-0.4, -0.2) is 38.4 Å². The first-order chi connectivity index (χ1) is 12.2. The van der Waals surface area contributed by atoms with Crippen molar-refractivity contribution in [3.05, 3.63) is 56.7 Å². The molecule has 1 atom stereocenters. The van der Waals surface area contributed by atoms with Crippen molar-refractivity contribution in [2.75, 3.05) is 13.1 Å². The van der Waals surface area contributed by atoms with Crippen molar-refractivity contribution < 1.29 is 4.79 Å². The van der Waals surface area contributed by atoms with Crippen molar-refractivity contribution in [3.8, 4) is 0 Å². The molecule has 1 amide bonds. The van der Waals surface area contributed by atoms with E-state index in [1.165, 1.54) is 4.88 Å². The van der Waals surface area contributed by atoms with Crippen molar-refractivity contribution in [1.82, 2.24) is 19.4 Å². The molecule has 7 heteroatoms. The number of likely N-dealkylation sites (tertiary alicyclic amines) is 1. The van der Waals surface area contributed by atoms with Gasteiger partial charge in [0, 0.05) is 41.7 Å². The molecule has 4 rings (SSSR count). The van der Waals surface area contributed by atoms with Gasteiger partial charge < -0.3 is 9.47 Å².